The van der Waals surface area contributed by atoms with Gasteiger partial charge in [0.05, 0.1) is 16.4 Å². The number of rotatable bonds is 5. The first-order valence-electron chi connectivity index (χ1n) is 5.66. The third-order valence-electron chi connectivity index (χ3n) is 2.98. The standard InChI is InChI=1S/C11H15FN2O5S/c1-7-4-9(12)10(14(16)17)5-11(7)20(18,19)13(3)8(2)6-15/h4-5,8,15H,6H2,1-3H3. The van der Waals surface area contributed by atoms with Crippen molar-refractivity contribution in [2.24, 2.45) is 0 Å². The summed E-state index contributed by atoms with van der Waals surface area (Å²) in [6.45, 7) is 2.42. The van der Waals surface area contributed by atoms with Crippen LogP contribution in [-0.2, 0) is 10.0 Å². The molecule has 0 aliphatic heterocycles. The smallest absolute Gasteiger partial charge is 0.306 e. The molecule has 9 heteroatoms. The monoisotopic (exact) mass is 306 g/mol. The maximum Gasteiger partial charge on any atom is 0.306 e. The van der Waals surface area contributed by atoms with E-state index >= 15 is 0 Å². The number of halogens is 1. The van der Waals surface area contributed by atoms with Crippen LogP contribution in [0.25, 0.3) is 0 Å². The Bertz CT molecular complexity index is 632. The number of aliphatic hydroxyl groups is 1. The van der Waals surface area contributed by atoms with Gasteiger partial charge in [0.1, 0.15) is 0 Å². The largest absolute Gasteiger partial charge is 0.395 e. The van der Waals surface area contributed by atoms with Crippen molar-refractivity contribution < 1.29 is 22.8 Å². The Kier molecular flexibility index (Phi) is 4.79. The van der Waals surface area contributed by atoms with Gasteiger partial charge in [-0.2, -0.15) is 8.70 Å². The maximum atomic E-state index is 13.4. The summed E-state index contributed by atoms with van der Waals surface area (Å²) in [6.07, 6.45) is 0. The third kappa shape index (κ3) is 2.94. The summed E-state index contributed by atoms with van der Waals surface area (Å²) in [5.41, 5.74) is -0.843. The molecule has 7 nitrogen and oxygen atoms in total. The van der Waals surface area contributed by atoms with Crippen molar-refractivity contribution in [2.45, 2.75) is 24.8 Å². The van der Waals surface area contributed by atoms with Gasteiger partial charge in [0.15, 0.2) is 0 Å². The predicted octanol–water partition coefficient (Wildman–Crippen LogP) is 1.04. The highest BCUT2D eigenvalue weighted by molar-refractivity contribution is 7.89. The van der Waals surface area contributed by atoms with Gasteiger partial charge in [0.2, 0.25) is 15.8 Å². The van der Waals surface area contributed by atoms with Gasteiger partial charge in [-0.05, 0) is 25.5 Å². The summed E-state index contributed by atoms with van der Waals surface area (Å²) in [5, 5.41) is 19.7. The van der Waals surface area contributed by atoms with Gasteiger partial charge < -0.3 is 5.11 Å². The number of likely N-dealkylation sites (N-methyl/N-ethyl adjacent to an activating group) is 1. The quantitative estimate of drug-likeness (QED) is 0.647. The molecule has 112 valence electrons. The minimum absolute atomic E-state index is 0.0603. The average molecular weight is 306 g/mol. The van der Waals surface area contributed by atoms with Crippen LogP contribution in [0, 0.1) is 22.9 Å². The number of hydrogen-bond acceptors (Lipinski definition) is 5. The van der Waals surface area contributed by atoms with E-state index in [1.54, 1.807) is 0 Å². The minimum Gasteiger partial charge on any atom is -0.395 e. The van der Waals surface area contributed by atoms with Crippen LogP contribution < -0.4 is 0 Å². The Morgan fingerprint density at radius 1 is 1.50 bits per heavy atom. The van der Waals surface area contributed by atoms with Gasteiger partial charge in [-0.1, -0.05) is 0 Å². The van der Waals surface area contributed by atoms with E-state index in [1.807, 2.05) is 0 Å². The van der Waals surface area contributed by atoms with Crippen LogP contribution in [0.1, 0.15) is 12.5 Å². The molecule has 1 N–H and O–H groups in total. The molecule has 1 rings (SSSR count). The molecule has 0 saturated heterocycles. The first-order valence-corrected chi connectivity index (χ1v) is 7.10. The van der Waals surface area contributed by atoms with E-state index in [-0.39, 0.29) is 10.5 Å². The Morgan fingerprint density at radius 3 is 2.50 bits per heavy atom. The second-order valence-electron chi connectivity index (χ2n) is 4.38. The molecule has 0 amide bonds. The Balaban J connectivity index is 3.46. The number of aryl methyl sites for hydroxylation is 1. The van der Waals surface area contributed by atoms with E-state index in [2.05, 4.69) is 0 Å². The average Bonchev–Trinajstić information content (AvgIpc) is 2.35. The highest BCUT2D eigenvalue weighted by Gasteiger charge is 2.29. The third-order valence-corrected chi connectivity index (χ3v) is 5.10. The lowest BCUT2D eigenvalue weighted by atomic mass is 10.2. The van der Waals surface area contributed by atoms with Gasteiger partial charge in [-0.25, -0.2) is 8.42 Å². The summed E-state index contributed by atoms with van der Waals surface area (Å²) in [5.74, 6) is -1.09. The van der Waals surface area contributed by atoms with Crippen molar-refractivity contribution in [2.75, 3.05) is 13.7 Å². The molecule has 0 radical (unpaired) electrons. The van der Waals surface area contributed by atoms with Gasteiger partial charge in [0.25, 0.3) is 0 Å². The molecule has 0 aromatic heterocycles. The highest BCUT2D eigenvalue weighted by Crippen LogP contribution is 2.27. The van der Waals surface area contributed by atoms with Gasteiger partial charge >= 0.3 is 5.69 Å². The van der Waals surface area contributed by atoms with E-state index in [9.17, 15) is 22.9 Å². The fourth-order valence-corrected chi connectivity index (χ4v) is 3.14. The predicted molar refractivity (Wildman–Crippen MR) is 69.3 cm³/mol. The topological polar surface area (TPSA) is 101 Å². The zero-order chi connectivity index (χ0) is 15.7. The fraction of sp³-hybridized carbons (Fsp3) is 0.455. The molecule has 0 bridgehead atoms. The Labute approximate surface area is 115 Å². The van der Waals surface area contributed by atoms with Gasteiger partial charge in [-0.15, -0.1) is 0 Å². The molecule has 1 atom stereocenters. The van der Waals surface area contributed by atoms with E-state index in [0.717, 1.165) is 10.4 Å². The lowest BCUT2D eigenvalue weighted by molar-refractivity contribution is -0.387. The first-order chi connectivity index (χ1) is 9.12. The van der Waals surface area contributed by atoms with Crippen molar-refractivity contribution in [1.29, 1.82) is 0 Å². The number of benzene rings is 1. The van der Waals surface area contributed by atoms with Crippen LogP contribution in [0.2, 0.25) is 0 Å². The van der Waals surface area contributed by atoms with Crippen LogP contribution in [0.4, 0.5) is 10.1 Å². The molecule has 0 aliphatic rings. The van der Waals surface area contributed by atoms with E-state index in [1.165, 1.54) is 20.9 Å². The normalized spacial score (nSPS) is 13.5. The number of nitro groups is 1. The highest BCUT2D eigenvalue weighted by atomic mass is 32.2. The molecular weight excluding hydrogens is 291 g/mol. The zero-order valence-corrected chi connectivity index (χ0v) is 12.0. The summed E-state index contributed by atoms with van der Waals surface area (Å²) >= 11 is 0. The molecule has 1 aromatic carbocycles. The molecule has 0 aliphatic carbocycles. The molecule has 0 saturated carbocycles. The number of aliphatic hydroxyl groups excluding tert-OH is 1. The SMILES string of the molecule is Cc1cc(F)c([N+](=O)[O-])cc1S(=O)(=O)N(C)C(C)CO. The van der Waals surface area contributed by atoms with Crippen molar-refractivity contribution >= 4 is 15.7 Å². The number of hydrogen-bond donors (Lipinski definition) is 1. The van der Waals surface area contributed by atoms with E-state index in [4.69, 9.17) is 5.11 Å². The van der Waals surface area contributed by atoms with Crippen molar-refractivity contribution in [1.82, 2.24) is 4.31 Å². The lowest BCUT2D eigenvalue weighted by Gasteiger charge is -2.23. The Hall–Kier alpha value is -1.58. The number of sulfonamides is 1. The molecule has 1 unspecified atom stereocenters. The molecule has 0 heterocycles. The second kappa shape index (κ2) is 5.81. The second-order valence-corrected chi connectivity index (χ2v) is 6.34. The van der Waals surface area contributed by atoms with Crippen LogP contribution >= 0.6 is 0 Å². The number of nitro benzene ring substituents is 1. The molecule has 0 fully saturated rings. The van der Waals surface area contributed by atoms with Crippen molar-refractivity contribution in [3.05, 3.63) is 33.6 Å². The van der Waals surface area contributed by atoms with Crippen molar-refractivity contribution in [3.8, 4) is 0 Å². The summed E-state index contributed by atoms with van der Waals surface area (Å²) in [4.78, 5) is 9.35. The van der Waals surface area contributed by atoms with Gasteiger partial charge in [-0.3, -0.25) is 10.1 Å². The number of nitrogens with zero attached hydrogens (tertiary/aromatic N) is 2. The first kappa shape index (κ1) is 16.5. The molecule has 1 aromatic rings. The fourth-order valence-electron chi connectivity index (χ4n) is 1.57. The molecule has 0 spiro atoms. The summed E-state index contributed by atoms with van der Waals surface area (Å²) in [7, 11) is -2.81. The Morgan fingerprint density at radius 2 is 2.05 bits per heavy atom. The van der Waals surface area contributed by atoms with E-state index in [0.29, 0.717) is 6.07 Å². The van der Waals surface area contributed by atoms with Crippen LogP contribution in [0.3, 0.4) is 0 Å². The van der Waals surface area contributed by atoms with E-state index < -0.39 is 39.1 Å². The summed E-state index contributed by atoms with van der Waals surface area (Å²) in [6, 6.07) is 0.798. The molecular formula is C11H15FN2O5S. The summed E-state index contributed by atoms with van der Waals surface area (Å²) < 4.78 is 38.9. The van der Waals surface area contributed by atoms with Crippen LogP contribution in [-0.4, -0.2) is 42.4 Å². The molecule has 20 heavy (non-hydrogen) atoms. The van der Waals surface area contributed by atoms with Crippen LogP contribution in [0.5, 0.6) is 0 Å². The minimum atomic E-state index is -4.05. The maximum absolute atomic E-state index is 13.4. The zero-order valence-electron chi connectivity index (χ0n) is 11.2. The van der Waals surface area contributed by atoms with Gasteiger partial charge in [0, 0.05) is 19.2 Å². The van der Waals surface area contributed by atoms with Crippen LogP contribution in [0.15, 0.2) is 17.0 Å². The lowest BCUT2D eigenvalue weighted by Crippen LogP contribution is -2.37. The van der Waals surface area contributed by atoms with Crippen molar-refractivity contribution in [3.63, 3.8) is 0 Å².